The van der Waals surface area contributed by atoms with Gasteiger partial charge in [0.25, 0.3) is 0 Å². The molecular weight excluding hydrogens is 414 g/mol. The number of rotatable bonds is 6. The Bertz CT molecular complexity index is 1100. The Balaban J connectivity index is 1.77. The minimum absolute atomic E-state index is 0.0684. The van der Waals surface area contributed by atoms with Gasteiger partial charge in [-0.3, -0.25) is 4.79 Å². The number of benzene rings is 2. The van der Waals surface area contributed by atoms with Gasteiger partial charge in [-0.05, 0) is 63.3 Å². The van der Waals surface area contributed by atoms with Crippen molar-refractivity contribution in [1.82, 2.24) is 5.32 Å². The van der Waals surface area contributed by atoms with Gasteiger partial charge in [0, 0.05) is 29.3 Å². The molecule has 0 saturated carbocycles. The van der Waals surface area contributed by atoms with E-state index in [2.05, 4.69) is 17.4 Å². The lowest BCUT2D eigenvalue weighted by Gasteiger charge is -2.37. The summed E-state index contributed by atoms with van der Waals surface area (Å²) in [6.45, 7) is 8.06. The van der Waals surface area contributed by atoms with Gasteiger partial charge >= 0.3 is 5.97 Å². The molecule has 0 fully saturated rings. The third-order valence-corrected chi connectivity index (χ3v) is 6.19. The maximum Gasteiger partial charge on any atom is 0.337 e. The van der Waals surface area contributed by atoms with Crippen LogP contribution in [0.5, 0.6) is 5.75 Å². The van der Waals surface area contributed by atoms with Crippen LogP contribution in [0.3, 0.4) is 0 Å². The maximum atomic E-state index is 13.6. The van der Waals surface area contributed by atoms with Gasteiger partial charge in [0.2, 0.25) is 0 Å². The molecule has 0 saturated heterocycles. The fourth-order valence-corrected chi connectivity index (χ4v) is 4.80. The Morgan fingerprint density at radius 3 is 2.36 bits per heavy atom. The number of esters is 1. The van der Waals surface area contributed by atoms with Crippen molar-refractivity contribution in [3.8, 4) is 5.75 Å². The summed E-state index contributed by atoms with van der Waals surface area (Å²) in [5.74, 6) is 0.0862. The first-order valence-corrected chi connectivity index (χ1v) is 11.6. The van der Waals surface area contributed by atoms with Gasteiger partial charge in [-0.1, -0.05) is 42.5 Å². The van der Waals surface area contributed by atoms with Gasteiger partial charge in [0.1, 0.15) is 5.75 Å². The molecule has 0 amide bonds. The third-order valence-electron chi connectivity index (χ3n) is 6.19. The van der Waals surface area contributed by atoms with Crippen LogP contribution in [0.1, 0.15) is 63.5 Å². The van der Waals surface area contributed by atoms with Gasteiger partial charge < -0.3 is 14.8 Å². The second-order valence-electron chi connectivity index (χ2n) is 8.88. The summed E-state index contributed by atoms with van der Waals surface area (Å²) in [4.78, 5) is 26.7. The summed E-state index contributed by atoms with van der Waals surface area (Å²) in [5.41, 5.74) is 4.85. The van der Waals surface area contributed by atoms with E-state index in [4.69, 9.17) is 9.47 Å². The van der Waals surface area contributed by atoms with Crippen molar-refractivity contribution in [3.63, 3.8) is 0 Å². The highest BCUT2D eigenvalue weighted by Crippen LogP contribution is 2.46. The van der Waals surface area contributed by atoms with E-state index in [0.717, 1.165) is 34.7 Å². The average Bonchev–Trinajstić information content (AvgIpc) is 2.79. The lowest BCUT2D eigenvalue weighted by Crippen LogP contribution is -2.36. The van der Waals surface area contributed by atoms with Crippen molar-refractivity contribution >= 4 is 11.8 Å². The summed E-state index contributed by atoms with van der Waals surface area (Å²) in [7, 11) is 0. The zero-order valence-electron chi connectivity index (χ0n) is 19.7. The molecule has 172 valence electrons. The fourth-order valence-electron chi connectivity index (χ4n) is 4.80. The first-order valence-electron chi connectivity index (χ1n) is 11.6. The largest absolute Gasteiger partial charge is 0.494 e. The molecule has 2 atom stereocenters. The Morgan fingerprint density at radius 1 is 1.03 bits per heavy atom. The first-order chi connectivity index (χ1) is 15.9. The molecule has 0 unspecified atom stereocenters. The lowest BCUT2D eigenvalue weighted by atomic mass is 9.71. The molecule has 0 spiro atoms. The Hall–Kier alpha value is -3.34. The van der Waals surface area contributed by atoms with Crippen molar-refractivity contribution in [2.75, 3.05) is 6.61 Å². The zero-order valence-corrected chi connectivity index (χ0v) is 19.7. The SMILES string of the molecule is CCOc1ccc([C@H]2C(C(=O)OC(C)C)=C(C)NC3=C2C(=O)C[C@H](c2ccccc2)C3)cc1. The molecule has 1 heterocycles. The molecule has 2 aliphatic rings. The topological polar surface area (TPSA) is 64.6 Å². The zero-order chi connectivity index (χ0) is 23.5. The predicted octanol–water partition coefficient (Wildman–Crippen LogP) is 5.40. The molecule has 0 radical (unpaired) electrons. The van der Waals surface area contributed by atoms with Crippen LogP contribution in [-0.4, -0.2) is 24.5 Å². The fraction of sp³-hybridized carbons (Fsp3) is 0.357. The van der Waals surface area contributed by atoms with Crippen molar-refractivity contribution in [1.29, 1.82) is 0 Å². The molecule has 0 aromatic heterocycles. The number of dihydropyridines is 1. The highest BCUT2D eigenvalue weighted by molar-refractivity contribution is 6.04. The highest BCUT2D eigenvalue weighted by Gasteiger charge is 2.41. The Morgan fingerprint density at radius 2 is 1.73 bits per heavy atom. The third kappa shape index (κ3) is 4.72. The van der Waals surface area contributed by atoms with Gasteiger partial charge in [-0.15, -0.1) is 0 Å². The standard InChI is InChI=1S/C28H31NO4/c1-5-32-22-13-11-20(12-14-22)26-25(28(31)33-17(2)3)18(4)29-23-15-21(16-24(30)27(23)26)19-9-7-6-8-10-19/h6-14,17,21,26,29H,5,15-16H2,1-4H3/t21-,26+/m1/s1. The maximum absolute atomic E-state index is 13.6. The number of allylic oxidation sites excluding steroid dienone is 3. The van der Waals surface area contributed by atoms with E-state index in [0.29, 0.717) is 24.2 Å². The van der Waals surface area contributed by atoms with Gasteiger partial charge in [-0.2, -0.15) is 0 Å². The normalized spacial score (nSPS) is 20.5. The molecule has 5 nitrogen and oxygen atoms in total. The van der Waals surface area contributed by atoms with Crippen LogP contribution in [0.4, 0.5) is 0 Å². The van der Waals surface area contributed by atoms with Crippen LogP contribution in [0.15, 0.2) is 77.1 Å². The molecule has 2 aromatic carbocycles. The van der Waals surface area contributed by atoms with E-state index < -0.39 is 11.9 Å². The number of ketones is 1. The van der Waals surface area contributed by atoms with Crippen molar-refractivity contribution in [2.24, 2.45) is 0 Å². The van der Waals surface area contributed by atoms with Crippen LogP contribution < -0.4 is 10.1 Å². The highest BCUT2D eigenvalue weighted by atomic mass is 16.5. The molecule has 33 heavy (non-hydrogen) atoms. The molecular formula is C28H31NO4. The van der Waals surface area contributed by atoms with E-state index >= 15 is 0 Å². The monoisotopic (exact) mass is 445 g/mol. The van der Waals surface area contributed by atoms with E-state index in [1.54, 1.807) is 0 Å². The van der Waals surface area contributed by atoms with Crippen LogP contribution >= 0.6 is 0 Å². The quantitative estimate of drug-likeness (QED) is 0.603. The molecule has 1 aliphatic heterocycles. The number of ether oxygens (including phenoxy) is 2. The summed E-state index contributed by atoms with van der Waals surface area (Å²) in [6, 6.07) is 17.8. The number of hydrogen-bond acceptors (Lipinski definition) is 5. The van der Waals surface area contributed by atoms with Crippen LogP contribution in [0.25, 0.3) is 0 Å². The van der Waals surface area contributed by atoms with Crippen molar-refractivity contribution < 1.29 is 19.1 Å². The van der Waals surface area contributed by atoms with E-state index in [1.807, 2.05) is 70.2 Å². The van der Waals surface area contributed by atoms with Crippen molar-refractivity contribution in [3.05, 3.63) is 88.3 Å². The van der Waals surface area contributed by atoms with E-state index in [1.165, 1.54) is 0 Å². The molecule has 5 heteroatoms. The minimum Gasteiger partial charge on any atom is -0.494 e. The molecule has 1 N–H and O–H groups in total. The Labute approximate surface area is 195 Å². The summed E-state index contributed by atoms with van der Waals surface area (Å²) in [6.07, 6.45) is 0.894. The summed E-state index contributed by atoms with van der Waals surface area (Å²) >= 11 is 0. The second kappa shape index (κ2) is 9.65. The average molecular weight is 446 g/mol. The molecule has 2 aromatic rings. The van der Waals surface area contributed by atoms with Gasteiger partial charge in [0.05, 0.1) is 18.3 Å². The summed E-state index contributed by atoms with van der Waals surface area (Å²) < 4.78 is 11.2. The van der Waals surface area contributed by atoms with Crippen LogP contribution in [0, 0.1) is 0 Å². The number of nitrogens with one attached hydrogen (secondary N) is 1. The number of carbonyl (C=O) groups excluding carboxylic acids is 2. The van der Waals surface area contributed by atoms with Gasteiger partial charge in [0.15, 0.2) is 5.78 Å². The minimum atomic E-state index is -0.465. The first kappa shape index (κ1) is 22.8. The molecule has 0 bridgehead atoms. The second-order valence-corrected chi connectivity index (χ2v) is 8.88. The molecule has 4 rings (SSSR count). The van der Waals surface area contributed by atoms with Crippen molar-refractivity contribution in [2.45, 2.75) is 58.5 Å². The van der Waals surface area contributed by atoms with Gasteiger partial charge in [-0.25, -0.2) is 4.79 Å². The summed E-state index contributed by atoms with van der Waals surface area (Å²) in [5, 5.41) is 3.40. The lowest BCUT2D eigenvalue weighted by molar-refractivity contribution is -0.143. The Kier molecular flexibility index (Phi) is 6.68. The van der Waals surface area contributed by atoms with E-state index in [9.17, 15) is 9.59 Å². The number of hydrogen-bond donors (Lipinski definition) is 1. The van der Waals surface area contributed by atoms with Crippen LogP contribution in [-0.2, 0) is 14.3 Å². The van der Waals surface area contributed by atoms with Crippen LogP contribution in [0.2, 0.25) is 0 Å². The van der Waals surface area contributed by atoms with E-state index in [-0.39, 0.29) is 17.8 Å². The molecule has 1 aliphatic carbocycles. The smallest absolute Gasteiger partial charge is 0.337 e. The predicted molar refractivity (Wildman–Crippen MR) is 128 cm³/mol. The number of Topliss-reactive ketones (excluding diaryl/α,β-unsaturated/α-hetero) is 1. The number of carbonyl (C=O) groups is 2.